The third kappa shape index (κ3) is 6.08. The molecule has 0 unspecified atom stereocenters. The molecule has 3 N–H and O–H groups in total. The molecule has 0 bridgehead atoms. The van der Waals surface area contributed by atoms with Crippen LogP contribution in [-0.2, 0) is 19.6 Å². The van der Waals surface area contributed by atoms with Crippen LogP contribution >= 0.6 is 0 Å². The summed E-state index contributed by atoms with van der Waals surface area (Å²) in [6.07, 6.45) is 0.679. The van der Waals surface area contributed by atoms with E-state index in [0.29, 0.717) is 12.8 Å². The van der Waals surface area contributed by atoms with Crippen molar-refractivity contribution in [3.63, 3.8) is 0 Å². The second-order valence-electron chi connectivity index (χ2n) is 5.93. The molecule has 0 aliphatic carbocycles. The van der Waals surface area contributed by atoms with Crippen LogP contribution < -0.4 is 10.0 Å². The largest absolute Gasteiger partial charge is 0.481 e. The van der Waals surface area contributed by atoms with Gasteiger partial charge in [0.25, 0.3) is 5.91 Å². The van der Waals surface area contributed by atoms with E-state index in [1.54, 1.807) is 13.8 Å². The molecule has 9 heteroatoms. The van der Waals surface area contributed by atoms with E-state index >= 15 is 0 Å². The summed E-state index contributed by atoms with van der Waals surface area (Å²) in [5, 5.41) is 11.9. The van der Waals surface area contributed by atoms with E-state index in [9.17, 15) is 18.0 Å². The van der Waals surface area contributed by atoms with Gasteiger partial charge in [-0.25, -0.2) is 13.1 Å². The number of hydrogen-bond acceptors (Lipinski definition) is 5. The highest BCUT2D eigenvalue weighted by atomic mass is 32.2. The van der Waals surface area contributed by atoms with Crippen molar-refractivity contribution in [2.75, 3.05) is 20.3 Å². The number of aliphatic carboxylic acids is 1. The number of methoxy groups -OCH3 is 1. The van der Waals surface area contributed by atoms with E-state index in [1.807, 2.05) is 0 Å². The molecule has 146 valence electrons. The van der Waals surface area contributed by atoms with Gasteiger partial charge in [0.05, 0.1) is 23.5 Å². The number of ether oxygens (including phenoxy) is 1. The first-order valence-corrected chi connectivity index (χ1v) is 9.81. The molecule has 1 amide bonds. The van der Waals surface area contributed by atoms with Crippen molar-refractivity contribution in [2.24, 2.45) is 0 Å². The summed E-state index contributed by atoms with van der Waals surface area (Å²) in [7, 11) is -2.30. The van der Waals surface area contributed by atoms with Crippen LogP contribution in [0.25, 0.3) is 0 Å². The molecule has 0 fully saturated rings. The topological polar surface area (TPSA) is 122 Å². The van der Waals surface area contributed by atoms with Crippen LogP contribution in [0.2, 0.25) is 0 Å². The lowest BCUT2D eigenvalue weighted by atomic mass is 9.88. The summed E-state index contributed by atoms with van der Waals surface area (Å²) >= 11 is 0. The highest BCUT2D eigenvalue weighted by molar-refractivity contribution is 7.89. The molecule has 0 saturated carbocycles. The second kappa shape index (κ2) is 9.65. The second-order valence-corrected chi connectivity index (χ2v) is 7.70. The van der Waals surface area contributed by atoms with Gasteiger partial charge in [-0.15, -0.1) is 0 Å². The number of rotatable bonds is 11. The summed E-state index contributed by atoms with van der Waals surface area (Å²) in [5.41, 5.74) is -0.731. The minimum Gasteiger partial charge on any atom is -0.481 e. The lowest BCUT2D eigenvalue weighted by Crippen LogP contribution is -2.49. The van der Waals surface area contributed by atoms with Crippen molar-refractivity contribution < 1.29 is 27.9 Å². The number of benzene rings is 1. The Balaban J connectivity index is 3.02. The van der Waals surface area contributed by atoms with Gasteiger partial charge >= 0.3 is 5.97 Å². The first-order valence-electron chi connectivity index (χ1n) is 8.32. The van der Waals surface area contributed by atoms with Crippen LogP contribution in [0.1, 0.15) is 43.5 Å². The lowest BCUT2D eigenvalue weighted by Gasteiger charge is -2.31. The van der Waals surface area contributed by atoms with Crippen LogP contribution in [0.5, 0.6) is 0 Å². The van der Waals surface area contributed by atoms with Crippen molar-refractivity contribution in [1.29, 1.82) is 0 Å². The van der Waals surface area contributed by atoms with Crippen LogP contribution in [-0.4, -0.2) is 51.2 Å². The molecule has 0 spiro atoms. The van der Waals surface area contributed by atoms with E-state index in [0.717, 1.165) is 0 Å². The molecule has 26 heavy (non-hydrogen) atoms. The standard InChI is InChI=1S/C17H26N2O6S/c1-4-17(5-2,12-15(20)21)19-16(22)13-7-6-8-14(11-13)26(23,24)18-9-10-25-3/h6-8,11,18H,4-5,9-10,12H2,1-3H3,(H,19,22)(H,20,21). The third-order valence-corrected chi connectivity index (χ3v) is 5.69. The van der Waals surface area contributed by atoms with E-state index in [2.05, 4.69) is 10.0 Å². The monoisotopic (exact) mass is 386 g/mol. The Hall–Kier alpha value is -1.97. The van der Waals surface area contributed by atoms with Crippen LogP contribution in [0.15, 0.2) is 29.2 Å². The number of hydrogen-bond donors (Lipinski definition) is 3. The summed E-state index contributed by atoms with van der Waals surface area (Å²) in [5.74, 6) is -1.52. The zero-order valence-electron chi connectivity index (χ0n) is 15.2. The van der Waals surface area contributed by atoms with E-state index < -0.39 is 27.4 Å². The molecule has 0 aliphatic rings. The minimum atomic E-state index is -3.77. The first kappa shape index (κ1) is 22.1. The molecular weight excluding hydrogens is 360 g/mol. The molecule has 1 aromatic rings. The number of carbonyl (C=O) groups is 2. The Labute approximate surface area is 154 Å². The summed E-state index contributed by atoms with van der Waals surface area (Å²) < 4.78 is 31.7. The highest BCUT2D eigenvalue weighted by Crippen LogP contribution is 2.21. The Morgan fingerprint density at radius 3 is 2.42 bits per heavy atom. The molecule has 1 aromatic carbocycles. The third-order valence-electron chi connectivity index (χ3n) is 4.23. The zero-order valence-corrected chi connectivity index (χ0v) is 16.1. The van der Waals surface area contributed by atoms with Crippen LogP contribution in [0, 0.1) is 0 Å². The lowest BCUT2D eigenvalue weighted by molar-refractivity contribution is -0.138. The SMILES string of the molecule is CCC(CC)(CC(=O)O)NC(=O)c1cccc(S(=O)(=O)NCCOC)c1. The van der Waals surface area contributed by atoms with Crippen molar-refractivity contribution in [2.45, 2.75) is 43.5 Å². The Bertz CT molecular complexity index is 729. The van der Waals surface area contributed by atoms with Crippen LogP contribution in [0.3, 0.4) is 0 Å². The molecular formula is C17H26N2O6S. The molecule has 0 aromatic heterocycles. The Morgan fingerprint density at radius 2 is 1.88 bits per heavy atom. The smallest absolute Gasteiger partial charge is 0.305 e. The Morgan fingerprint density at radius 1 is 1.23 bits per heavy atom. The molecule has 0 saturated heterocycles. The van der Waals surface area contributed by atoms with Crippen molar-refractivity contribution in [1.82, 2.24) is 10.0 Å². The van der Waals surface area contributed by atoms with Gasteiger partial charge in [-0.1, -0.05) is 19.9 Å². The van der Waals surface area contributed by atoms with Gasteiger partial charge in [0, 0.05) is 19.2 Å². The molecule has 0 atom stereocenters. The van der Waals surface area contributed by atoms with Gasteiger partial charge < -0.3 is 15.2 Å². The zero-order chi connectivity index (χ0) is 19.8. The fraction of sp³-hybridized carbons (Fsp3) is 0.529. The predicted octanol–water partition coefficient (Wildman–Crippen LogP) is 1.37. The minimum absolute atomic E-state index is 0.0434. The number of carboxylic acids is 1. The van der Waals surface area contributed by atoms with Gasteiger partial charge in [-0.3, -0.25) is 9.59 Å². The van der Waals surface area contributed by atoms with E-state index in [4.69, 9.17) is 9.84 Å². The Kier molecular flexibility index (Phi) is 8.19. The summed E-state index contributed by atoms with van der Waals surface area (Å²) in [4.78, 5) is 23.6. The molecule has 0 heterocycles. The number of carbonyl (C=O) groups excluding carboxylic acids is 1. The normalized spacial score (nSPS) is 12.0. The average molecular weight is 386 g/mol. The molecule has 0 radical (unpaired) electrons. The fourth-order valence-electron chi connectivity index (χ4n) is 2.49. The van der Waals surface area contributed by atoms with E-state index in [-0.39, 0.29) is 30.0 Å². The maximum Gasteiger partial charge on any atom is 0.305 e. The van der Waals surface area contributed by atoms with E-state index in [1.165, 1.54) is 31.4 Å². The quantitative estimate of drug-likeness (QED) is 0.494. The molecule has 0 aliphatic heterocycles. The van der Waals surface area contributed by atoms with Gasteiger partial charge in [0.2, 0.25) is 10.0 Å². The van der Waals surface area contributed by atoms with Gasteiger partial charge in [-0.05, 0) is 31.0 Å². The highest BCUT2D eigenvalue weighted by Gasteiger charge is 2.31. The molecule has 1 rings (SSSR count). The summed E-state index contributed by atoms with van der Waals surface area (Å²) in [6, 6.07) is 5.61. The van der Waals surface area contributed by atoms with Gasteiger partial charge in [0.1, 0.15) is 0 Å². The summed E-state index contributed by atoms with van der Waals surface area (Å²) in [6.45, 7) is 3.94. The predicted molar refractivity (Wildman–Crippen MR) is 96.5 cm³/mol. The van der Waals surface area contributed by atoms with Crippen molar-refractivity contribution in [3.05, 3.63) is 29.8 Å². The maximum atomic E-state index is 12.6. The van der Waals surface area contributed by atoms with Gasteiger partial charge in [0.15, 0.2) is 0 Å². The number of sulfonamides is 1. The number of carboxylic acid groups (broad SMARTS) is 1. The number of nitrogens with one attached hydrogen (secondary N) is 2. The fourth-order valence-corrected chi connectivity index (χ4v) is 3.55. The number of amides is 1. The van der Waals surface area contributed by atoms with Gasteiger partial charge in [-0.2, -0.15) is 0 Å². The average Bonchev–Trinajstić information content (AvgIpc) is 2.60. The first-order chi connectivity index (χ1) is 12.2. The van der Waals surface area contributed by atoms with Crippen molar-refractivity contribution in [3.8, 4) is 0 Å². The molecule has 8 nitrogen and oxygen atoms in total. The maximum absolute atomic E-state index is 12.6. The van der Waals surface area contributed by atoms with Crippen molar-refractivity contribution >= 4 is 21.9 Å². The van der Waals surface area contributed by atoms with Crippen LogP contribution in [0.4, 0.5) is 0 Å².